The number of carbonyl (C=O) groups excluding carboxylic acids is 2. The quantitative estimate of drug-likeness (QED) is 0.0589. The van der Waals surface area contributed by atoms with Gasteiger partial charge in [-0.3, -0.25) is 0 Å². The van der Waals surface area contributed by atoms with Crippen LogP contribution < -0.4 is 0 Å². The van der Waals surface area contributed by atoms with E-state index in [1.54, 1.807) is 19.9 Å². The maximum atomic E-state index is 12.3. The summed E-state index contributed by atoms with van der Waals surface area (Å²) in [5, 5.41) is 58.8. The molecule has 0 aliphatic heterocycles. The summed E-state index contributed by atoms with van der Waals surface area (Å²) < 4.78 is 37.1. The Morgan fingerprint density at radius 3 is 1.57 bits per heavy atom. The third-order valence-corrected chi connectivity index (χ3v) is 6.06. The van der Waals surface area contributed by atoms with Crippen LogP contribution in [0.4, 0.5) is 0 Å². The number of aromatic hydroxyl groups is 3. The summed E-state index contributed by atoms with van der Waals surface area (Å²) >= 11 is 0. The van der Waals surface area contributed by atoms with Gasteiger partial charge in [-0.1, -0.05) is 6.92 Å². The van der Waals surface area contributed by atoms with E-state index in [4.69, 9.17) is 33.2 Å². The molecule has 15 heteroatoms. The van der Waals surface area contributed by atoms with Crippen LogP contribution in [0.5, 0.6) is 17.2 Å². The van der Waals surface area contributed by atoms with E-state index in [0.717, 1.165) is 18.2 Å². The number of methoxy groups -OCH3 is 1. The number of benzene rings is 2. The normalized spacial score (nSPS) is 14.7. The molecule has 0 aromatic heterocycles. The highest BCUT2D eigenvalue weighted by Crippen LogP contribution is 2.22. The Balaban J connectivity index is 1.76. The Kier molecular flexibility index (Phi) is 16.7. The third-order valence-electron chi connectivity index (χ3n) is 6.06. The summed E-state index contributed by atoms with van der Waals surface area (Å²) in [7, 11) is 1.45. The van der Waals surface area contributed by atoms with E-state index in [0.29, 0.717) is 5.56 Å². The average Bonchev–Trinajstić information content (AvgIpc) is 2.97. The maximum absolute atomic E-state index is 12.3. The summed E-state index contributed by atoms with van der Waals surface area (Å²) in [6.45, 7) is 2.29. The van der Waals surface area contributed by atoms with Crippen molar-refractivity contribution in [2.75, 3.05) is 73.4 Å². The zero-order valence-corrected chi connectivity index (χ0v) is 26.1. The zero-order valence-electron chi connectivity index (χ0n) is 26.1. The highest BCUT2D eigenvalue weighted by atomic mass is 16.7. The number of carbonyl (C=O) groups is 2. The van der Waals surface area contributed by atoms with Crippen LogP contribution in [0, 0.1) is 12.3 Å². The van der Waals surface area contributed by atoms with Crippen LogP contribution in [0.2, 0.25) is 0 Å². The predicted molar refractivity (Wildman–Crippen MR) is 160 cm³/mol. The second-order valence-electron chi connectivity index (χ2n) is 11.1. The fraction of sp³-hybridized carbons (Fsp3) is 0.548. The van der Waals surface area contributed by atoms with Gasteiger partial charge in [-0.2, -0.15) is 0 Å². The van der Waals surface area contributed by atoms with Gasteiger partial charge in [0.1, 0.15) is 55.6 Å². The van der Waals surface area contributed by atoms with Crippen molar-refractivity contribution in [3.05, 3.63) is 53.1 Å². The lowest BCUT2D eigenvalue weighted by Crippen LogP contribution is -2.37. The minimum atomic E-state index is -1.19. The molecule has 0 aliphatic rings. The first kappa shape index (κ1) is 38.6. The largest absolute Gasteiger partial charge is 0.508 e. The fourth-order valence-corrected chi connectivity index (χ4v) is 3.98. The molecule has 0 aliphatic carbocycles. The number of hydrogen-bond donors (Lipinski definition) is 6. The Morgan fingerprint density at radius 2 is 1.07 bits per heavy atom. The van der Waals surface area contributed by atoms with Crippen molar-refractivity contribution >= 4 is 11.9 Å². The maximum Gasteiger partial charge on any atom is 0.338 e. The molecule has 4 atom stereocenters. The molecule has 0 radical (unpaired) electrons. The van der Waals surface area contributed by atoms with Gasteiger partial charge in [0.15, 0.2) is 0 Å². The van der Waals surface area contributed by atoms with Gasteiger partial charge in [0.2, 0.25) is 0 Å². The van der Waals surface area contributed by atoms with E-state index in [1.165, 1.54) is 19.2 Å². The first-order chi connectivity index (χ1) is 21.8. The smallest absolute Gasteiger partial charge is 0.338 e. The van der Waals surface area contributed by atoms with Crippen LogP contribution in [0.25, 0.3) is 0 Å². The summed E-state index contributed by atoms with van der Waals surface area (Å²) in [6, 6.07) is 7.57. The number of aliphatic hydroxyl groups is 3. The van der Waals surface area contributed by atoms with Crippen molar-refractivity contribution in [1.82, 2.24) is 0 Å². The standard InChI is InChI=1S/C31H44O15/c1-20-4-21(6-23(32)5-20)29(38)45-14-27(36)12-42-17-31(2,16-41-11-26(35)10-40-3)18-44-19-43-13-28(37)15-46-30(39)22-7-24(33)9-25(34)8-22/h4-9,26-28,32-37H,10-19H2,1-3H3. The van der Waals surface area contributed by atoms with Crippen molar-refractivity contribution in [3.63, 3.8) is 0 Å². The van der Waals surface area contributed by atoms with E-state index in [-0.39, 0.29) is 88.0 Å². The second kappa shape index (κ2) is 19.9. The van der Waals surface area contributed by atoms with E-state index in [2.05, 4.69) is 0 Å². The van der Waals surface area contributed by atoms with E-state index >= 15 is 0 Å². The molecule has 15 nitrogen and oxygen atoms in total. The Bertz CT molecular complexity index is 1180. The van der Waals surface area contributed by atoms with E-state index in [9.17, 15) is 40.2 Å². The van der Waals surface area contributed by atoms with Gasteiger partial charge in [-0.25, -0.2) is 9.59 Å². The van der Waals surface area contributed by atoms with Crippen molar-refractivity contribution in [2.24, 2.45) is 5.41 Å². The highest BCUT2D eigenvalue weighted by Gasteiger charge is 2.27. The predicted octanol–water partition coefficient (Wildman–Crippen LogP) is 0.885. The SMILES string of the molecule is COCC(O)COCC(C)(COCOCC(O)COC(=O)c1cc(O)cc(O)c1)COCC(O)COC(=O)c1cc(C)cc(O)c1. The van der Waals surface area contributed by atoms with Gasteiger partial charge in [-0.15, -0.1) is 0 Å². The minimum Gasteiger partial charge on any atom is -0.508 e. The lowest BCUT2D eigenvalue weighted by Gasteiger charge is -2.29. The molecule has 0 spiro atoms. The molecule has 4 unspecified atom stereocenters. The second-order valence-corrected chi connectivity index (χ2v) is 11.1. The number of phenols is 3. The van der Waals surface area contributed by atoms with Crippen LogP contribution in [-0.4, -0.2) is 134 Å². The van der Waals surface area contributed by atoms with Gasteiger partial charge in [0, 0.05) is 18.6 Å². The van der Waals surface area contributed by atoms with Gasteiger partial charge < -0.3 is 63.8 Å². The average molecular weight is 657 g/mol. The van der Waals surface area contributed by atoms with Gasteiger partial charge in [0.25, 0.3) is 0 Å². The fourth-order valence-electron chi connectivity index (χ4n) is 3.98. The number of phenolic OH excluding ortho intramolecular Hbond substituents is 3. The molecule has 0 heterocycles. The molecule has 6 N–H and O–H groups in total. The lowest BCUT2D eigenvalue weighted by atomic mass is 9.94. The molecule has 258 valence electrons. The van der Waals surface area contributed by atoms with Gasteiger partial charge in [0.05, 0.1) is 57.4 Å². The highest BCUT2D eigenvalue weighted by molar-refractivity contribution is 5.90. The third kappa shape index (κ3) is 15.2. The minimum absolute atomic E-state index is 0.0137. The van der Waals surface area contributed by atoms with Crippen LogP contribution in [0.15, 0.2) is 36.4 Å². The molecule has 0 saturated carbocycles. The molecular formula is C31H44O15. The first-order valence-electron chi connectivity index (χ1n) is 14.3. The Labute approximate surface area is 266 Å². The summed E-state index contributed by atoms with van der Waals surface area (Å²) in [4.78, 5) is 24.3. The number of aliphatic hydroxyl groups excluding tert-OH is 3. The molecule has 2 aromatic carbocycles. The van der Waals surface area contributed by atoms with Gasteiger partial charge in [-0.05, 0) is 42.8 Å². The van der Waals surface area contributed by atoms with Crippen molar-refractivity contribution < 1.29 is 73.4 Å². The zero-order chi connectivity index (χ0) is 34.1. The topological polar surface area (TPSA) is 220 Å². The Hall–Kier alpha value is -3.54. The van der Waals surface area contributed by atoms with Crippen LogP contribution in [0.1, 0.15) is 33.2 Å². The van der Waals surface area contributed by atoms with E-state index < -0.39 is 42.3 Å². The first-order valence-corrected chi connectivity index (χ1v) is 14.3. The number of aryl methyl sites for hydroxylation is 1. The molecule has 0 bridgehead atoms. The molecule has 46 heavy (non-hydrogen) atoms. The summed E-state index contributed by atoms with van der Waals surface area (Å²) in [5.41, 5.74) is -0.0601. The molecule has 0 amide bonds. The molecule has 0 fully saturated rings. The molecule has 0 saturated heterocycles. The molecule has 2 rings (SSSR count). The monoisotopic (exact) mass is 656 g/mol. The van der Waals surface area contributed by atoms with Gasteiger partial charge >= 0.3 is 11.9 Å². The molecule has 2 aromatic rings. The van der Waals surface area contributed by atoms with Crippen molar-refractivity contribution in [1.29, 1.82) is 0 Å². The summed E-state index contributed by atoms with van der Waals surface area (Å²) in [5.74, 6) is -2.28. The van der Waals surface area contributed by atoms with Crippen LogP contribution in [0.3, 0.4) is 0 Å². The van der Waals surface area contributed by atoms with Crippen molar-refractivity contribution in [2.45, 2.75) is 32.2 Å². The molecular weight excluding hydrogens is 612 g/mol. The number of ether oxygens (including phenoxy) is 7. The number of hydrogen-bond acceptors (Lipinski definition) is 15. The number of rotatable bonds is 22. The number of esters is 2. The Morgan fingerprint density at radius 1 is 0.630 bits per heavy atom. The van der Waals surface area contributed by atoms with Crippen LogP contribution in [-0.2, 0) is 33.2 Å². The van der Waals surface area contributed by atoms with E-state index in [1.807, 2.05) is 0 Å². The van der Waals surface area contributed by atoms with Crippen molar-refractivity contribution in [3.8, 4) is 17.2 Å². The summed E-state index contributed by atoms with van der Waals surface area (Å²) in [6.07, 6.45) is -3.18. The lowest BCUT2D eigenvalue weighted by molar-refractivity contribution is -0.133. The van der Waals surface area contributed by atoms with Crippen LogP contribution >= 0.6 is 0 Å².